The van der Waals surface area contributed by atoms with Gasteiger partial charge in [-0.3, -0.25) is 4.98 Å². The van der Waals surface area contributed by atoms with Gasteiger partial charge in [0.2, 0.25) is 0 Å². The van der Waals surface area contributed by atoms with E-state index in [1.54, 1.807) is 0 Å². The van der Waals surface area contributed by atoms with Crippen LogP contribution >= 0.6 is 0 Å². The zero-order valence-electron chi connectivity index (χ0n) is 13.9. The molecule has 5 nitrogen and oxygen atoms in total. The van der Waals surface area contributed by atoms with Gasteiger partial charge >= 0.3 is 6.03 Å². The van der Waals surface area contributed by atoms with E-state index in [0.717, 1.165) is 24.3 Å². The van der Waals surface area contributed by atoms with Crippen LogP contribution in [0.3, 0.4) is 0 Å². The smallest absolute Gasteiger partial charge is 0.319 e. The molecule has 1 heterocycles. The van der Waals surface area contributed by atoms with Crippen LogP contribution in [0.1, 0.15) is 19.4 Å². The van der Waals surface area contributed by atoms with Crippen LogP contribution in [0, 0.1) is 0 Å². The van der Waals surface area contributed by atoms with E-state index in [4.69, 9.17) is 0 Å². The van der Waals surface area contributed by atoms with Crippen LogP contribution in [-0.4, -0.2) is 30.6 Å². The van der Waals surface area contributed by atoms with Gasteiger partial charge in [-0.15, -0.1) is 0 Å². The van der Waals surface area contributed by atoms with Crippen molar-refractivity contribution in [1.82, 2.24) is 10.3 Å². The maximum absolute atomic E-state index is 11.7. The molecule has 2 N–H and O–H groups in total. The monoisotopic (exact) mass is 312 g/mol. The number of rotatable bonds is 6. The summed E-state index contributed by atoms with van der Waals surface area (Å²) in [6.45, 7) is 4.78. The summed E-state index contributed by atoms with van der Waals surface area (Å²) in [5, 5.41) is 5.62. The van der Waals surface area contributed by atoms with E-state index >= 15 is 0 Å². The molecule has 0 unspecified atom stereocenters. The molecule has 23 heavy (non-hydrogen) atoms. The topological polar surface area (TPSA) is 57.3 Å². The number of likely N-dealkylation sites (N-methyl/N-ethyl adjacent to an activating group) is 1. The second-order valence-corrected chi connectivity index (χ2v) is 5.83. The van der Waals surface area contributed by atoms with Crippen molar-refractivity contribution in [3.05, 3.63) is 54.4 Å². The van der Waals surface area contributed by atoms with Gasteiger partial charge in [0.15, 0.2) is 0 Å². The van der Waals surface area contributed by atoms with Crippen molar-refractivity contribution >= 4 is 17.4 Å². The minimum Gasteiger partial charge on any atom is -0.374 e. The van der Waals surface area contributed by atoms with Crippen LogP contribution < -0.4 is 15.5 Å². The van der Waals surface area contributed by atoms with E-state index in [-0.39, 0.29) is 12.1 Å². The number of amides is 2. The summed E-state index contributed by atoms with van der Waals surface area (Å²) in [5.74, 6) is 0. The quantitative estimate of drug-likeness (QED) is 0.860. The molecule has 0 bridgehead atoms. The molecule has 2 aromatic rings. The molecule has 0 fully saturated rings. The van der Waals surface area contributed by atoms with E-state index in [1.165, 1.54) is 5.56 Å². The number of hydrogen-bond donors (Lipinski definition) is 2. The maximum Gasteiger partial charge on any atom is 0.319 e. The maximum atomic E-state index is 11.7. The minimum absolute atomic E-state index is 0.119. The highest BCUT2D eigenvalue weighted by Gasteiger charge is 2.05. The van der Waals surface area contributed by atoms with Gasteiger partial charge in [-0.1, -0.05) is 0 Å². The predicted molar refractivity (Wildman–Crippen MR) is 94.9 cm³/mol. The molecule has 1 aromatic carbocycles. The standard InChI is InChI=1S/C18H24N4O/c1-14(2)20-18(23)21-16-4-6-17(7-5-16)22(3)13-10-15-8-11-19-12-9-15/h4-9,11-12,14H,10,13H2,1-3H3,(H2,20,21,23). The van der Waals surface area contributed by atoms with Crippen molar-refractivity contribution in [2.24, 2.45) is 0 Å². The largest absolute Gasteiger partial charge is 0.374 e. The number of aromatic nitrogens is 1. The lowest BCUT2D eigenvalue weighted by atomic mass is 10.2. The number of urea groups is 1. The molecule has 122 valence electrons. The Labute approximate surface area is 137 Å². The van der Waals surface area contributed by atoms with Gasteiger partial charge in [-0.2, -0.15) is 0 Å². The first-order chi connectivity index (χ1) is 11.0. The lowest BCUT2D eigenvalue weighted by Gasteiger charge is -2.20. The fourth-order valence-electron chi connectivity index (χ4n) is 2.20. The highest BCUT2D eigenvalue weighted by molar-refractivity contribution is 5.89. The molecule has 1 aromatic heterocycles. The number of benzene rings is 1. The van der Waals surface area contributed by atoms with Crippen molar-refractivity contribution in [3.63, 3.8) is 0 Å². The molecule has 2 amide bonds. The normalized spacial score (nSPS) is 10.4. The van der Waals surface area contributed by atoms with E-state index in [1.807, 2.05) is 62.6 Å². The van der Waals surface area contributed by atoms with Crippen molar-refractivity contribution in [1.29, 1.82) is 0 Å². The Hall–Kier alpha value is -2.56. The van der Waals surface area contributed by atoms with Gasteiger partial charge in [0.25, 0.3) is 0 Å². The van der Waals surface area contributed by atoms with Crippen molar-refractivity contribution in [3.8, 4) is 0 Å². The Bertz CT molecular complexity index is 611. The highest BCUT2D eigenvalue weighted by atomic mass is 16.2. The number of nitrogens with zero attached hydrogens (tertiary/aromatic N) is 2. The van der Waals surface area contributed by atoms with Gasteiger partial charge < -0.3 is 15.5 Å². The molecule has 0 aliphatic heterocycles. The Morgan fingerprint density at radius 1 is 1.13 bits per heavy atom. The van der Waals surface area contributed by atoms with E-state index < -0.39 is 0 Å². The molecule has 0 saturated carbocycles. The van der Waals surface area contributed by atoms with Crippen molar-refractivity contribution in [2.45, 2.75) is 26.3 Å². The van der Waals surface area contributed by atoms with Crippen LogP contribution in [0.2, 0.25) is 0 Å². The Kier molecular flexibility index (Phi) is 5.97. The number of nitrogens with one attached hydrogen (secondary N) is 2. The summed E-state index contributed by atoms with van der Waals surface area (Å²) in [5.41, 5.74) is 3.18. The molecular formula is C18H24N4O. The summed E-state index contributed by atoms with van der Waals surface area (Å²) in [7, 11) is 2.06. The first-order valence-corrected chi connectivity index (χ1v) is 7.82. The SMILES string of the molecule is CC(C)NC(=O)Nc1ccc(N(C)CCc2ccncc2)cc1. The molecule has 0 spiro atoms. The number of carbonyl (C=O) groups is 1. The lowest BCUT2D eigenvalue weighted by molar-refractivity contribution is 0.250. The van der Waals surface area contributed by atoms with E-state index in [2.05, 4.69) is 27.6 Å². The zero-order chi connectivity index (χ0) is 16.7. The predicted octanol–water partition coefficient (Wildman–Crippen LogP) is 3.29. The third-order valence-electron chi connectivity index (χ3n) is 3.47. The molecule has 0 saturated heterocycles. The molecule has 5 heteroatoms. The number of carbonyl (C=O) groups excluding carboxylic acids is 1. The van der Waals surface area contributed by atoms with Gasteiger partial charge in [0.1, 0.15) is 0 Å². The summed E-state index contributed by atoms with van der Waals surface area (Å²) >= 11 is 0. The number of pyridine rings is 1. The van der Waals surface area contributed by atoms with E-state index in [9.17, 15) is 4.79 Å². The molecular weight excluding hydrogens is 288 g/mol. The minimum atomic E-state index is -0.182. The van der Waals surface area contributed by atoms with Crippen molar-refractivity contribution in [2.75, 3.05) is 23.8 Å². The zero-order valence-corrected chi connectivity index (χ0v) is 13.9. The fourth-order valence-corrected chi connectivity index (χ4v) is 2.20. The molecule has 0 aliphatic carbocycles. The summed E-state index contributed by atoms with van der Waals surface area (Å²) in [6.07, 6.45) is 4.60. The van der Waals surface area contributed by atoms with E-state index in [0.29, 0.717) is 0 Å². The Morgan fingerprint density at radius 3 is 2.39 bits per heavy atom. The third kappa shape index (κ3) is 5.62. The highest BCUT2D eigenvalue weighted by Crippen LogP contribution is 2.17. The van der Waals surface area contributed by atoms with Crippen LogP contribution in [0.15, 0.2) is 48.8 Å². The van der Waals surface area contributed by atoms with Gasteiger partial charge in [-0.25, -0.2) is 4.79 Å². The molecule has 0 atom stereocenters. The summed E-state index contributed by atoms with van der Waals surface area (Å²) in [4.78, 5) is 17.9. The number of hydrogen-bond acceptors (Lipinski definition) is 3. The fraction of sp³-hybridized carbons (Fsp3) is 0.333. The van der Waals surface area contributed by atoms with Crippen LogP contribution in [0.4, 0.5) is 16.2 Å². The van der Waals surface area contributed by atoms with Crippen LogP contribution in [0.5, 0.6) is 0 Å². The average molecular weight is 312 g/mol. The molecule has 0 radical (unpaired) electrons. The van der Waals surface area contributed by atoms with Crippen molar-refractivity contribution < 1.29 is 4.79 Å². The summed E-state index contributed by atoms with van der Waals surface area (Å²) in [6, 6.07) is 11.9. The Balaban J connectivity index is 1.87. The summed E-state index contributed by atoms with van der Waals surface area (Å²) < 4.78 is 0. The average Bonchev–Trinajstić information content (AvgIpc) is 2.53. The van der Waals surface area contributed by atoms with Crippen LogP contribution in [0.25, 0.3) is 0 Å². The molecule has 0 aliphatic rings. The lowest BCUT2D eigenvalue weighted by Crippen LogP contribution is -2.34. The van der Waals surface area contributed by atoms with Crippen LogP contribution in [-0.2, 0) is 6.42 Å². The second kappa shape index (κ2) is 8.17. The van der Waals surface area contributed by atoms with Gasteiger partial charge in [0, 0.05) is 43.4 Å². The first-order valence-electron chi connectivity index (χ1n) is 7.82. The number of anilines is 2. The first kappa shape index (κ1) is 16.8. The van der Waals surface area contributed by atoms with Gasteiger partial charge in [-0.05, 0) is 62.2 Å². The van der Waals surface area contributed by atoms with Gasteiger partial charge in [0.05, 0.1) is 0 Å². The molecule has 2 rings (SSSR count). The Morgan fingerprint density at radius 2 is 1.78 bits per heavy atom. The third-order valence-corrected chi connectivity index (χ3v) is 3.47. The second-order valence-electron chi connectivity index (χ2n) is 5.83.